The third-order valence-corrected chi connectivity index (χ3v) is 3.61. The van der Waals surface area contributed by atoms with Gasteiger partial charge in [-0.2, -0.15) is 0 Å². The lowest BCUT2D eigenvalue weighted by Gasteiger charge is -2.35. The minimum atomic E-state index is -0.370. The van der Waals surface area contributed by atoms with Gasteiger partial charge in [-0.3, -0.25) is 9.59 Å². The van der Waals surface area contributed by atoms with E-state index < -0.39 is 0 Å². The van der Waals surface area contributed by atoms with E-state index >= 15 is 0 Å². The SMILES string of the molecule is O=C(c1cc(=O)cc[nH]1)N1CCN(c2ccc(F)cn2)CC1. The summed E-state index contributed by atoms with van der Waals surface area (Å²) in [6, 6.07) is 5.67. The van der Waals surface area contributed by atoms with Gasteiger partial charge in [-0.25, -0.2) is 9.37 Å². The molecule has 2 aromatic heterocycles. The Labute approximate surface area is 126 Å². The van der Waals surface area contributed by atoms with Gasteiger partial charge in [0.05, 0.1) is 6.20 Å². The van der Waals surface area contributed by atoms with Crippen LogP contribution < -0.4 is 10.3 Å². The summed E-state index contributed by atoms with van der Waals surface area (Å²) in [6.07, 6.45) is 2.65. The van der Waals surface area contributed by atoms with Crippen LogP contribution in [0.2, 0.25) is 0 Å². The van der Waals surface area contributed by atoms with Crippen LogP contribution in [0.1, 0.15) is 10.5 Å². The Balaban J connectivity index is 1.65. The number of hydrogen-bond acceptors (Lipinski definition) is 4. The van der Waals surface area contributed by atoms with Crippen molar-refractivity contribution in [2.45, 2.75) is 0 Å². The average Bonchev–Trinajstić information content (AvgIpc) is 2.55. The Bertz CT molecular complexity index is 721. The van der Waals surface area contributed by atoms with Gasteiger partial charge in [-0.1, -0.05) is 0 Å². The second-order valence-electron chi connectivity index (χ2n) is 5.05. The zero-order chi connectivity index (χ0) is 15.5. The molecule has 0 aromatic carbocycles. The fraction of sp³-hybridized carbons (Fsp3) is 0.267. The number of nitrogens with one attached hydrogen (secondary N) is 1. The Kier molecular flexibility index (Phi) is 3.86. The molecule has 0 radical (unpaired) electrons. The normalized spacial score (nSPS) is 15.0. The van der Waals surface area contributed by atoms with Crippen LogP contribution in [0.4, 0.5) is 10.2 Å². The number of aromatic nitrogens is 2. The van der Waals surface area contributed by atoms with Gasteiger partial charge in [0.1, 0.15) is 17.3 Å². The molecule has 114 valence electrons. The van der Waals surface area contributed by atoms with Gasteiger partial charge < -0.3 is 14.8 Å². The molecule has 0 atom stereocenters. The van der Waals surface area contributed by atoms with Crippen LogP contribution in [0.3, 0.4) is 0 Å². The number of carbonyl (C=O) groups is 1. The number of halogens is 1. The standard InChI is InChI=1S/C15H15FN4O2/c16-11-1-2-14(18-10-11)19-5-7-20(8-6-19)15(22)13-9-12(21)3-4-17-13/h1-4,9-10H,5-8H2,(H,17,21). The van der Waals surface area contributed by atoms with Gasteiger partial charge in [-0.15, -0.1) is 0 Å². The van der Waals surface area contributed by atoms with Crippen molar-refractivity contribution in [1.29, 1.82) is 0 Å². The predicted octanol–water partition coefficient (Wildman–Crippen LogP) is 0.871. The summed E-state index contributed by atoms with van der Waals surface area (Å²) in [4.78, 5) is 34.1. The lowest BCUT2D eigenvalue weighted by molar-refractivity contribution is 0.0740. The molecule has 0 unspecified atom stereocenters. The predicted molar refractivity (Wildman–Crippen MR) is 79.4 cm³/mol. The lowest BCUT2D eigenvalue weighted by atomic mass is 10.2. The third-order valence-electron chi connectivity index (χ3n) is 3.61. The first-order chi connectivity index (χ1) is 10.6. The summed E-state index contributed by atoms with van der Waals surface area (Å²) < 4.78 is 12.9. The van der Waals surface area contributed by atoms with Crippen molar-refractivity contribution in [2.24, 2.45) is 0 Å². The van der Waals surface area contributed by atoms with E-state index in [2.05, 4.69) is 9.97 Å². The maximum Gasteiger partial charge on any atom is 0.270 e. The monoisotopic (exact) mass is 302 g/mol. The molecule has 6 nitrogen and oxygen atoms in total. The van der Waals surface area contributed by atoms with Gasteiger partial charge in [0.25, 0.3) is 5.91 Å². The average molecular weight is 302 g/mol. The number of H-pyrrole nitrogens is 1. The number of nitrogens with zero attached hydrogens (tertiary/aromatic N) is 3. The Morgan fingerprint density at radius 2 is 1.95 bits per heavy atom. The molecule has 7 heteroatoms. The number of aromatic amines is 1. The molecule has 3 heterocycles. The van der Waals surface area contributed by atoms with Crippen LogP contribution in [0.5, 0.6) is 0 Å². The molecule has 1 saturated heterocycles. The highest BCUT2D eigenvalue weighted by molar-refractivity contribution is 5.92. The smallest absolute Gasteiger partial charge is 0.270 e. The summed E-state index contributed by atoms with van der Waals surface area (Å²) in [7, 11) is 0. The van der Waals surface area contributed by atoms with E-state index in [1.54, 1.807) is 11.0 Å². The molecule has 0 spiro atoms. The van der Waals surface area contributed by atoms with E-state index in [0.717, 1.165) is 0 Å². The lowest BCUT2D eigenvalue weighted by Crippen LogP contribution is -2.49. The van der Waals surface area contributed by atoms with Crippen LogP contribution in [0.25, 0.3) is 0 Å². The molecular formula is C15H15FN4O2. The summed E-state index contributed by atoms with van der Waals surface area (Å²) in [6.45, 7) is 2.27. The molecule has 1 fully saturated rings. The summed E-state index contributed by atoms with van der Waals surface area (Å²) in [5.74, 6) is 0.136. The highest BCUT2D eigenvalue weighted by atomic mass is 19.1. The van der Waals surface area contributed by atoms with Crippen molar-refractivity contribution in [1.82, 2.24) is 14.9 Å². The van der Waals surface area contributed by atoms with Crippen LogP contribution in [-0.4, -0.2) is 47.0 Å². The van der Waals surface area contributed by atoms with E-state index in [4.69, 9.17) is 0 Å². The summed E-state index contributed by atoms with van der Waals surface area (Å²) in [5, 5.41) is 0. The first-order valence-electron chi connectivity index (χ1n) is 6.98. The van der Waals surface area contributed by atoms with Crippen LogP contribution in [0.15, 0.2) is 41.5 Å². The minimum Gasteiger partial charge on any atom is -0.357 e. The van der Waals surface area contributed by atoms with Crippen molar-refractivity contribution in [3.8, 4) is 0 Å². The molecule has 0 bridgehead atoms. The molecule has 2 aromatic rings. The van der Waals surface area contributed by atoms with Crippen molar-refractivity contribution in [3.05, 3.63) is 58.4 Å². The fourth-order valence-corrected chi connectivity index (χ4v) is 2.43. The third kappa shape index (κ3) is 2.98. The molecule has 3 rings (SSSR count). The van der Waals surface area contributed by atoms with Crippen molar-refractivity contribution < 1.29 is 9.18 Å². The summed E-state index contributed by atoms with van der Waals surface area (Å²) in [5.41, 5.74) is 0.0945. The van der Waals surface area contributed by atoms with E-state index in [9.17, 15) is 14.0 Å². The zero-order valence-corrected chi connectivity index (χ0v) is 11.8. The van der Waals surface area contributed by atoms with Gasteiger partial charge in [-0.05, 0) is 12.1 Å². The summed E-state index contributed by atoms with van der Waals surface area (Å²) >= 11 is 0. The maximum atomic E-state index is 12.9. The Morgan fingerprint density at radius 1 is 1.18 bits per heavy atom. The quantitative estimate of drug-likeness (QED) is 0.894. The highest BCUT2D eigenvalue weighted by Crippen LogP contribution is 2.14. The largest absolute Gasteiger partial charge is 0.357 e. The van der Waals surface area contributed by atoms with Gasteiger partial charge in [0, 0.05) is 44.5 Å². The molecule has 0 aliphatic carbocycles. The zero-order valence-electron chi connectivity index (χ0n) is 11.8. The topological polar surface area (TPSA) is 69.3 Å². The van der Waals surface area contributed by atoms with Crippen molar-refractivity contribution >= 4 is 11.7 Å². The molecule has 1 amide bonds. The van der Waals surface area contributed by atoms with E-state index in [-0.39, 0.29) is 17.2 Å². The molecule has 22 heavy (non-hydrogen) atoms. The number of amides is 1. The van der Waals surface area contributed by atoms with E-state index in [0.29, 0.717) is 37.7 Å². The first-order valence-corrected chi connectivity index (χ1v) is 6.98. The number of carbonyl (C=O) groups excluding carboxylic acids is 1. The molecule has 1 aliphatic rings. The van der Waals surface area contributed by atoms with Gasteiger partial charge >= 0.3 is 0 Å². The number of rotatable bonds is 2. The molecule has 1 N–H and O–H groups in total. The highest BCUT2D eigenvalue weighted by Gasteiger charge is 2.23. The number of piperazine rings is 1. The van der Waals surface area contributed by atoms with Crippen molar-refractivity contribution in [2.75, 3.05) is 31.1 Å². The van der Waals surface area contributed by atoms with Gasteiger partial charge in [0.15, 0.2) is 5.43 Å². The Hall–Kier alpha value is -2.70. The van der Waals surface area contributed by atoms with Crippen molar-refractivity contribution in [3.63, 3.8) is 0 Å². The fourth-order valence-electron chi connectivity index (χ4n) is 2.43. The minimum absolute atomic E-state index is 0.190. The first kappa shape index (κ1) is 14.2. The van der Waals surface area contributed by atoms with Crippen LogP contribution in [0, 0.1) is 5.82 Å². The molecular weight excluding hydrogens is 287 g/mol. The number of pyridine rings is 2. The molecule has 0 saturated carbocycles. The van der Waals surface area contributed by atoms with Crippen LogP contribution in [-0.2, 0) is 0 Å². The second-order valence-corrected chi connectivity index (χ2v) is 5.05. The Morgan fingerprint density at radius 3 is 2.59 bits per heavy atom. The number of hydrogen-bond donors (Lipinski definition) is 1. The second kappa shape index (κ2) is 5.97. The van der Waals surface area contributed by atoms with Gasteiger partial charge in [0.2, 0.25) is 0 Å². The maximum absolute atomic E-state index is 12.9. The van der Waals surface area contributed by atoms with E-state index in [1.807, 2.05) is 4.90 Å². The number of anilines is 1. The van der Waals surface area contributed by atoms with E-state index in [1.165, 1.54) is 30.6 Å². The molecule has 1 aliphatic heterocycles. The van der Waals surface area contributed by atoms with Crippen LogP contribution >= 0.6 is 0 Å².